The second-order valence-corrected chi connectivity index (χ2v) is 7.11. The molecule has 2 atom stereocenters. The lowest BCUT2D eigenvalue weighted by Crippen LogP contribution is -2.19. The third-order valence-electron chi connectivity index (χ3n) is 4.87. The van der Waals surface area contributed by atoms with E-state index in [2.05, 4.69) is 10.6 Å². The largest absolute Gasteiger partial charge is 0.490 e. The molecule has 2 aromatic carbocycles. The Morgan fingerprint density at radius 1 is 0.679 bits per heavy atom. The van der Waals surface area contributed by atoms with Crippen LogP contribution in [0.2, 0.25) is 0 Å². The molecule has 4 rings (SSSR count). The molecule has 28 heavy (non-hydrogen) atoms. The van der Waals surface area contributed by atoms with Gasteiger partial charge >= 0.3 is 0 Å². The minimum Gasteiger partial charge on any atom is -0.490 e. The molecule has 0 bridgehead atoms. The summed E-state index contributed by atoms with van der Waals surface area (Å²) in [6.45, 7) is 4.76. The summed E-state index contributed by atoms with van der Waals surface area (Å²) < 4.78 is 23.6. The van der Waals surface area contributed by atoms with Crippen molar-refractivity contribution in [3.05, 3.63) is 48.5 Å². The van der Waals surface area contributed by atoms with E-state index in [9.17, 15) is 0 Å². The summed E-state index contributed by atoms with van der Waals surface area (Å²) in [5.74, 6) is 3.27. The highest BCUT2D eigenvalue weighted by atomic mass is 16.5. The van der Waals surface area contributed by atoms with Crippen molar-refractivity contribution < 1.29 is 18.9 Å². The lowest BCUT2D eigenvalue weighted by molar-refractivity contribution is 0.206. The number of hydrogen-bond acceptors (Lipinski definition) is 6. The zero-order chi connectivity index (χ0) is 19.0. The van der Waals surface area contributed by atoms with Crippen LogP contribution in [-0.4, -0.2) is 51.6 Å². The zero-order valence-corrected chi connectivity index (χ0v) is 16.1. The summed E-state index contributed by atoms with van der Waals surface area (Å²) in [4.78, 5) is 0. The molecule has 2 aliphatic rings. The molecule has 2 fully saturated rings. The Bertz CT molecular complexity index is 679. The highest BCUT2D eigenvalue weighted by molar-refractivity contribution is 5.34. The van der Waals surface area contributed by atoms with Crippen molar-refractivity contribution in [2.75, 3.05) is 39.4 Å². The van der Waals surface area contributed by atoms with Crippen molar-refractivity contribution in [2.45, 2.75) is 25.0 Å². The van der Waals surface area contributed by atoms with Gasteiger partial charge in [0.2, 0.25) is 0 Å². The van der Waals surface area contributed by atoms with E-state index in [0.29, 0.717) is 13.2 Å². The highest BCUT2D eigenvalue weighted by Gasteiger charge is 2.16. The van der Waals surface area contributed by atoms with Gasteiger partial charge < -0.3 is 29.6 Å². The second-order valence-electron chi connectivity index (χ2n) is 7.11. The average Bonchev–Trinajstić information content (AvgIpc) is 3.40. The molecule has 2 unspecified atom stereocenters. The van der Waals surface area contributed by atoms with Crippen molar-refractivity contribution in [2.24, 2.45) is 0 Å². The summed E-state index contributed by atoms with van der Waals surface area (Å²) in [5, 5.41) is 6.61. The molecule has 2 aromatic rings. The van der Waals surface area contributed by atoms with Crippen LogP contribution in [0.15, 0.2) is 48.5 Å². The van der Waals surface area contributed by atoms with Crippen LogP contribution in [0.1, 0.15) is 12.8 Å². The van der Waals surface area contributed by atoms with Crippen LogP contribution in [0.4, 0.5) is 0 Å². The van der Waals surface area contributed by atoms with Crippen LogP contribution in [-0.2, 0) is 0 Å². The predicted molar refractivity (Wildman–Crippen MR) is 108 cm³/mol. The van der Waals surface area contributed by atoms with Gasteiger partial charge in [0.15, 0.2) is 0 Å². The SMILES string of the molecule is c1cc(OCCOc2cccc(OC3CCNC3)c2)cc(OC2CCNC2)c1. The topological polar surface area (TPSA) is 61.0 Å². The molecule has 2 N–H and O–H groups in total. The molecule has 0 aliphatic carbocycles. The van der Waals surface area contributed by atoms with Gasteiger partial charge in [0.05, 0.1) is 0 Å². The predicted octanol–water partition coefficient (Wildman–Crippen LogP) is 2.63. The van der Waals surface area contributed by atoms with Gasteiger partial charge in [-0.15, -0.1) is 0 Å². The van der Waals surface area contributed by atoms with Gasteiger partial charge in [-0.1, -0.05) is 12.1 Å². The van der Waals surface area contributed by atoms with Crippen molar-refractivity contribution in [3.8, 4) is 23.0 Å². The smallest absolute Gasteiger partial charge is 0.123 e. The summed E-state index contributed by atoms with van der Waals surface area (Å²) in [6, 6.07) is 15.6. The number of ether oxygens (including phenoxy) is 4. The van der Waals surface area contributed by atoms with E-state index in [4.69, 9.17) is 18.9 Å². The summed E-state index contributed by atoms with van der Waals surface area (Å²) in [7, 11) is 0. The number of hydrogen-bond donors (Lipinski definition) is 2. The molecule has 0 aromatic heterocycles. The molecule has 6 heteroatoms. The Hall–Kier alpha value is -2.44. The molecule has 2 aliphatic heterocycles. The molecule has 2 saturated heterocycles. The van der Waals surface area contributed by atoms with Crippen molar-refractivity contribution >= 4 is 0 Å². The molecular weight excluding hydrogens is 356 g/mol. The Balaban J connectivity index is 1.21. The van der Waals surface area contributed by atoms with Crippen molar-refractivity contribution in [1.29, 1.82) is 0 Å². The lowest BCUT2D eigenvalue weighted by atomic mass is 10.3. The van der Waals surface area contributed by atoms with Crippen molar-refractivity contribution in [3.63, 3.8) is 0 Å². The Morgan fingerprint density at radius 2 is 1.14 bits per heavy atom. The molecule has 0 saturated carbocycles. The quantitative estimate of drug-likeness (QED) is 0.648. The number of nitrogens with one attached hydrogen (secondary N) is 2. The fourth-order valence-corrected chi connectivity index (χ4v) is 3.44. The maximum Gasteiger partial charge on any atom is 0.123 e. The first-order valence-corrected chi connectivity index (χ1v) is 10.1. The second kappa shape index (κ2) is 9.66. The summed E-state index contributed by atoms with van der Waals surface area (Å²) in [6.07, 6.45) is 2.57. The van der Waals surface area contributed by atoms with Crippen LogP contribution in [0.3, 0.4) is 0 Å². The van der Waals surface area contributed by atoms with Crippen LogP contribution < -0.4 is 29.6 Å². The Kier molecular flexibility index (Phi) is 6.52. The molecule has 150 valence electrons. The minimum absolute atomic E-state index is 0.244. The first-order chi connectivity index (χ1) is 13.8. The van der Waals surface area contributed by atoms with E-state index < -0.39 is 0 Å². The number of benzene rings is 2. The summed E-state index contributed by atoms with van der Waals surface area (Å²) in [5.41, 5.74) is 0. The third kappa shape index (κ3) is 5.53. The molecule has 2 heterocycles. The van der Waals surface area contributed by atoms with Gasteiger partial charge in [0.1, 0.15) is 48.4 Å². The van der Waals surface area contributed by atoms with Gasteiger partial charge in [0, 0.05) is 25.2 Å². The highest BCUT2D eigenvalue weighted by Crippen LogP contribution is 2.23. The normalized spacial score (nSPS) is 21.4. The van der Waals surface area contributed by atoms with E-state index in [1.54, 1.807) is 0 Å². The molecular formula is C22H28N2O4. The van der Waals surface area contributed by atoms with Gasteiger partial charge in [-0.3, -0.25) is 0 Å². The molecule has 0 amide bonds. The van der Waals surface area contributed by atoms with Crippen LogP contribution in [0, 0.1) is 0 Å². The average molecular weight is 384 g/mol. The van der Waals surface area contributed by atoms with E-state index in [1.807, 2.05) is 48.5 Å². The fraction of sp³-hybridized carbons (Fsp3) is 0.455. The Morgan fingerprint density at radius 3 is 1.57 bits per heavy atom. The number of rotatable bonds is 9. The van der Waals surface area contributed by atoms with Gasteiger partial charge in [0.25, 0.3) is 0 Å². The maximum atomic E-state index is 5.97. The van der Waals surface area contributed by atoms with Gasteiger partial charge in [-0.05, 0) is 50.2 Å². The monoisotopic (exact) mass is 384 g/mol. The zero-order valence-electron chi connectivity index (χ0n) is 16.1. The third-order valence-corrected chi connectivity index (χ3v) is 4.87. The molecule has 6 nitrogen and oxygen atoms in total. The standard InChI is InChI=1S/C22H28N2O4/c1-3-17(13-19(5-1)27-21-7-9-23-15-21)25-11-12-26-18-4-2-6-20(14-18)28-22-8-10-24-16-22/h1-6,13-14,21-24H,7-12,15-16H2. The van der Waals surface area contributed by atoms with E-state index >= 15 is 0 Å². The molecule has 0 radical (unpaired) electrons. The first kappa shape index (κ1) is 18.9. The van der Waals surface area contributed by atoms with Crippen LogP contribution in [0.5, 0.6) is 23.0 Å². The van der Waals surface area contributed by atoms with Gasteiger partial charge in [-0.25, -0.2) is 0 Å². The van der Waals surface area contributed by atoms with Crippen LogP contribution in [0.25, 0.3) is 0 Å². The first-order valence-electron chi connectivity index (χ1n) is 10.1. The van der Waals surface area contributed by atoms with E-state index in [0.717, 1.165) is 62.0 Å². The van der Waals surface area contributed by atoms with E-state index in [-0.39, 0.29) is 12.2 Å². The maximum absolute atomic E-state index is 5.97. The summed E-state index contributed by atoms with van der Waals surface area (Å²) >= 11 is 0. The fourth-order valence-electron chi connectivity index (χ4n) is 3.44. The Labute approximate surface area is 166 Å². The minimum atomic E-state index is 0.244. The van der Waals surface area contributed by atoms with Crippen molar-refractivity contribution in [1.82, 2.24) is 10.6 Å². The van der Waals surface area contributed by atoms with E-state index in [1.165, 1.54) is 0 Å². The van der Waals surface area contributed by atoms with Crippen LogP contribution >= 0.6 is 0 Å². The van der Waals surface area contributed by atoms with Gasteiger partial charge in [-0.2, -0.15) is 0 Å². The lowest BCUT2D eigenvalue weighted by Gasteiger charge is -2.15. The molecule has 0 spiro atoms.